The van der Waals surface area contributed by atoms with E-state index >= 15 is 0 Å². The third-order valence-corrected chi connectivity index (χ3v) is 2.74. The van der Waals surface area contributed by atoms with E-state index in [1.54, 1.807) is 0 Å². The highest BCUT2D eigenvalue weighted by Crippen LogP contribution is 2.16. The largest absolute Gasteiger partial charge is 0.308 e. The van der Waals surface area contributed by atoms with Crippen molar-refractivity contribution in [2.24, 2.45) is 0 Å². The molecule has 0 radical (unpaired) electrons. The molecule has 0 spiro atoms. The molecule has 0 amide bonds. The van der Waals surface area contributed by atoms with Crippen LogP contribution in [0.15, 0.2) is 23.2 Å². The zero-order chi connectivity index (χ0) is 11.4. The summed E-state index contributed by atoms with van der Waals surface area (Å²) in [5.41, 5.74) is 5.45. The maximum atomic E-state index is 3.80. The van der Waals surface area contributed by atoms with E-state index in [0.717, 1.165) is 17.6 Å². The summed E-state index contributed by atoms with van der Waals surface area (Å²) in [6, 6.07) is 4.46. The molecule has 0 aliphatic heterocycles. The highest BCUT2D eigenvalue weighted by Gasteiger charge is 2.02. The van der Waals surface area contributed by atoms with Crippen molar-refractivity contribution in [2.45, 2.75) is 27.3 Å². The number of aryl methyl sites for hydroxylation is 3. The fourth-order valence-corrected chi connectivity index (χ4v) is 2.01. The van der Waals surface area contributed by atoms with Crippen LogP contribution in [-0.4, -0.2) is 6.54 Å². The lowest BCUT2D eigenvalue weighted by Gasteiger charge is -2.12. The van der Waals surface area contributed by atoms with Crippen LogP contribution in [0.1, 0.15) is 22.3 Å². The fraction of sp³-hybridized carbons (Fsp3) is 0.385. The number of hydrogen-bond donors (Lipinski definition) is 1. The van der Waals surface area contributed by atoms with Crippen molar-refractivity contribution in [3.05, 3.63) is 45.4 Å². The first-order valence-corrected chi connectivity index (χ1v) is 5.90. The van der Waals surface area contributed by atoms with E-state index in [0.29, 0.717) is 0 Å². The molecule has 0 aromatic heterocycles. The summed E-state index contributed by atoms with van der Waals surface area (Å²) in [5, 5.41) is 3.36. The molecule has 0 unspecified atom stereocenters. The number of rotatable bonds is 4. The summed E-state index contributed by atoms with van der Waals surface area (Å²) in [4.78, 5) is 0. The first-order chi connectivity index (χ1) is 7.00. The van der Waals surface area contributed by atoms with Crippen molar-refractivity contribution in [2.75, 3.05) is 6.54 Å². The molecule has 1 aromatic carbocycles. The van der Waals surface area contributed by atoms with E-state index < -0.39 is 0 Å². The van der Waals surface area contributed by atoms with Gasteiger partial charge in [-0.2, -0.15) is 0 Å². The Morgan fingerprint density at radius 1 is 1.27 bits per heavy atom. The summed E-state index contributed by atoms with van der Waals surface area (Å²) >= 11 is 3.34. The van der Waals surface area contributed by atoms with E-state index in [1.165, 1.54) is 22.3 Å². The molecular weight excluding hydrogens is 250 g/mol. The Morgan fingerprint density at radius 2 is 1.80 bits per heavy atom. The molecule has 82 valence electrons. The van der Waals surface area contributed by atoms with Gasteiger partial charge in [-0.05, 0) is 37.5 Å². The molecule has 1 rings (SSSR count). The third-order valence-electron chi connectivity index (χ3n) is 2.46. The Bertz CT molecular complexity index is 346. The topological polar surface area (TPSA) is 12.0 Å². The van der Waals surface area contributed by atoms with Crippen LogP contribution < -0.4 is 5.32 Å². The molecule has 1 nitrogen and oxygen atoms in total. The molecule has 0 heterocycles. The fourth-order valence-electron chi connectivity index (χ4n) is 1.81. The molecule has 0 aliphatic rings. The van der Waals surface area contributed by atoms with Crippen LogP contribution >= 0.6 is 15.9 Å². The maximum Gasteiger partial charge on any atom is 0.0268 e. The van der Waals surface area contributed by atoms with Gasteiger partial charge >= 0.3 is 0 Å². The van der Waals surface area contributed by atoms with Gasteiger partial charge in [-0.25, -0.2) is 0 Å². The molecule has 1 aromatic rings. The lowest BCUT2D eigenvalue weighted by Crippen LogP contribution is -2.16. The van der Waals surface area contributed by atoms with Crippen LogP contribution in [0.4, 0.5) is 0 Å². The molecule has 0 saturated heterocycles. The Labute approximate surface area is 101 Å². The Morgan fingerprint density at radius 3 is 2.27 bits per heavy atom. The van der Waals surface area contributed by atoms with Crippen molar-refractivity contribution >= 4 is 15.9 Å². The van der Waals surface area contributed by atoms with Crippen LogP contribution in [0.2, 0.25) is 0 Å². The van der Waals surface area contributed by atoms with Crippen molar-refractivity contribution in [1.82, 2.24) is 5.32 Å². The van der Waals surface area contributed by atoms with Crippen LogP contribution in [0.25, 0.3) is 0 Å². The lowest BCUT2D eigenvalue weighted by atomic mass is 10.00. The summed E-state index contributed by atoms with van der Waals surface area (Å²) in [7, 11) is 0. The third kappa shape index (κ3) is 3.80. The molecule has 0 fully saturated rings. The summed E-state index contributed by atoms with van der Waals surface area (Å²) in [6.07, 6.45) is 0. The van der Waals surface area contributed by atoms with Gasteiger partial charge in [0, 0.05) is 17.6 Å². The lowest BCUT2D eigenvalue weighted by molar-refractivity contribution is 0.748. The minimum atomic E-state index is 0.812. The van der Waals surface area contributed by atoms with Gasteiger partial charge in [0.1, 0.15) is 0 Å². The highest BCUT2D eigenvalue weighted by atomic mass is 79.9. The quantitative estimate of drug-likeness (QED) is 0.879. The van der Waals surface area contributed by atoms with Crippen LogP contribution in [0, 0.1) is 20.8 Å². The SMILES string of the molecule is C=C(Br)CNCc1c(C)cc(C)cc1C. The van der Waals surface area contributed by atoms with Gasteiger partial charge in [0.05, 0.1) is 0 Å². The molecular formula is C13H18BrN. The number of halogens is 1. The first-order valence-electron chi connectivity index (χ1n) is 5.11. The predicted molar refractivity (Wildman–Crippen MR) is 70.4 cm³/mol. The Kier molecular flexibility index (Phi) is 4.55. The number of nitrogens with one attached hydrogen (secondary N) is 1. The maximum absolute atomic E-state index is 3.80. The summed E-state index contributed by atoms with van der Waals surface area (Å²) < 4.78 is 0.991. The van der Waals surface area contributed by atoms with Gasteiger partial charge in [0.2, 0.25) is 0 Å². The van der Waals surface area contributed by atoms with Crippen LogP contribution in [-0.2, 0) is 6.54 Å². The average Bonchev–Trinajstić information content (AvgIpc) is 2.08. The van der Waals surface area contributed by atoms with Gasteiger partial charge in [0.15, 0.2) is 0 Å². The Balaban J connectivity index is 2.72. The second-order valence-electron chi connectivity index (χ2n) is 4.00. The van der Waals surface area contributed by atoms with Crippen molar-refractivity contribution < 1.29 is 0 Å². The van der Waals surface area contributed by atoms with Gasteiger partial charge in [0.25, 0.3) is 0 Å². The second kappa shape index (κ2) is 5.47. The van der Waals surface area contributed by atoms with Crippen LogP contribution in [0.3, 0.4) is 0 Å². The monoisotopic (exact) mass is 267 g/mol. The minimum Gasteiger partial charge on any atom is -0.308 e. The van der Waals surface area contributed by atoms with Gasteiger partial charge in [-0.15, -0.1) is 0 Å². The molecule has 2 heteroatoms. The Hall–Kier alpha value is -0.600. The summed E-state index contributed by atoms with van der Waals surface area (Å²) in [5.74, 6) is 0. The summed E-state index contributed by atoms with van der Waals surface area (Å²) in [6.45, 7) is 12.0. The predicted octanol–water partition coefficient (Wildman–Crippen LogP) is 3.61. The van der Waals surface area contributed by atoms with E-state index in [4.69, 9.17) is 0 Å². The normalized spacial score (nSPS) is 10.4. The van der Waals surface area contributed by atoms with Crippen molar-refractivity contribution in [3.63, 3.8) is 0 Å². The van der Waals surface area contributed by atoms with Gasteiger partial charge in [-0.1, -0.05) is 40.2 Å². The smallest absolute Gasteiger partial charge is 0.0268 e. The first kappa shape index (κ1) is 12.5. The standard InChI is InChI=1S/C13H18BrN/c1-9-5-10(2)13(11(3)6-9)8-15-7-12(4)14/h5-6,15H,4,7-8H2,1-3H3. The minimum absolute atomic E-state index is 0.812. The molecule has 15 heavy (non-hydrogen) atoms. The molecule has 1 N–H and O–H groups in total. The molecule has 0 aliphatic carbocycles. The second-order valence-corrected chi connectivity index (χ2v) is 5.12. The van der Waals surface area contributed by atoms with Gasteiger partial charge in [-0.3, -0.25) is 0 Å². The average molecular weight is 268 g/mol. The van der Waals surface area contributed by atoms with Crippen LogP contribution in [0.5, 0.6) is 0 Å². The zero-order valence-electron chi connectivity index (χ0n) is 9.65. The molecule has 0 bridgehead atoms. The van der Waals surface area contributed by atoms with Crippen molar-refractivity contribution in [3.8, 4) is 0 Å². The molecule has 0 atom stereocenters. The van der Waals surface area contributed by atoms with Crippen molar-refractivity contribution in [1.29, 1.82) is 0 Å². The van der Waals surface area contributed by atoms with Gasteiger partial charge < -0.3 is 5.32 Å². The van der Waals surface area contributed by atoms with E-state index in [-0.39, 0.29) is 0 Å². The molecule has 0 saturated carbocycles. The van der Waals surface area contributed by atoms with E-state index in [9.17, 15) is 0 Å². The zero-order valence-corrected chi connectivity index (χ0v) is 11.2. The number of benzene rings is 1. The number of hydrogen-bond acceptors (Lipinski definition) is 1. The van der Waals surface area contributed by atoms with E-state index in [2.05, 4.69) is 60.7 Å². The van der Waals surface area contributed by atoms with E-state index in [1.807, 2.05) is 0 Å². The highest BCUT2D eigenvalue weighted by molar-refractivity contribution is 9.11.